The van der Waals surface area contributed by atoms with Crippen LogP contribution in [0.5, 0.6) is 5.75 Å². The number of nitrogens with zero attached hydrogens (tertiary/aromatic N) is 3. The van der Waals surface area contributed by atoms with E-state index in [1.165, 1.54) is 0 Å². The Hall–Kier alpha value is -2.87. The topological polar surface area (TPSA) is 87.9 Å². The molecule has 28 heavy (non-hydrogen) atoms. The normalized spacial score (nSPS) is 14.7. The highest BCUT2D eigenvalue weighted by Crippen LogP contribution is 2.11. The number of nitrogens with one attached hydrogen (secondary N) is 1. The lowest BCUT2D eigenvalue weighted by atomic mass is 10.2. The van der Waals surface area contributed by atoms with Gasteiger partial charge in [0.1, 0.15) is 11.5 Å². The number of aromatic nitrogens is 1. The van der Waals surface area contributed by atoms with E-state index in [4.69, 9.17) is 9.26 Å². The second-order valence-electron chi connectivity index (χ2n) is 6.91. The largest absolute Gasteiger partial charge is 0.484 e. The summed E-state index contributed by atoms with van der Waals surface area (Å²) >= 11 is 0. The summed E-state index contributed by atoms with van der Waals surface area (Å²) in [5.41, 5.74) is 1.50. The first-order valence-corrected chi connectivity index (χ1v) is 9.42. The smallest absolute Gasteiger partial charge is 0.276 e. The molecule has 1 aromatic heterocycles. The minimum Gasteiger partial charge on any atom is -0.484 e. The fourth-order valence-corrected chi connectivity index (χ4v) is 2.99. The third-order valence-corrected chi connectivity index (χ3v) is 4.65. The summed E-state index contributed by atoms with van der Waals surface area (Å²) < 4.78 is 10.4. The van der Waals surface area contributed by atoms with Crippen LogP contribution in [-0.4, -0.2) is 72.6 Å². The number of hydrogen-bond donors (Lipinski definition) is 1. The zero-order valence-electron chi connectivity index (χ0n) is 16.3. The van der Waals surface area contributed by atoms with Crippen molar-refractivity contribution in [2.24, 2.45) is 0 Å². The van der Waals surface area contributed by atoms with Crippen molar-refractivity contribution in [3.63, 3.8) is 0 Å². The Balaban J connectivity index is 1.31. The molecule has 2 amide bonds. The van der Waals surface area contributed by atoms with E-state index in [2.05, 4.69) is 15.4 Å². The van der Waals surface area contributed by atoms with E-state index in [-0.39, 0.29) is 18.4 Å². The maximum absolute atomic E-state index is 12.3. The van der Waals surface area contributed by atoms with Crippen LogP contribution in [0, 0.1) is 13.8 Å². The summed E-state index contributed by atoms with van der Waals surface area (Å²) in [7, 11) is 0. The van der Waals surface area contributed by atoms with E-state index in [1.54, 1.807) is 17.9 Å². The number of piperazine rings is 1. The van der Waals surface area contributed by atoms with Crippen LogP contribution in [0.25, 0.3) is 0 Å². The second kappa shape index (κ2) is 9.36. The molecule has 1 aliphatic heterocycles. The second-order valence-corrected chi connectivity index (χ2v) is 6.91. The van der Waals surface area contributed by atoms with Gasteiger partial charge in [0.15, 0.2) is 12.3 Å². The van der Waals surface area contributed by atoms with Gasteiger partial charge < -0.3 is 19.5 Å². The quantitative estimate of drug-likeness (QED) is 0.770. The Morgan fingerprint density at radius 1 is 1.14 bits per heavy atom. The molecule has 2 aromatic rings. The van der Waals surface area contributed by atoms with Gasteiger partial charge in [0.25, 0.3) is 11.8 Å². The van der Waals surface area contributed by atoms with Crippen molar-refractivity contribution in [1.29, 1.82) is 0 Å². The van der Waals surface area contributed by atoms with E-state index in [0.717, 1.165) is 25.2 Å². The van der Waals surface area contributed by atoms with Crippen molar-refractivity contribution in [1.82, 2.24) is 20.3 Å². The van der Waals surface area contributed by atoms with Crippen molar-refractivity contribution < 1.29 is 18.8 Å². The Morgan fingerprint density at radius 3 is 2.50 bits per heavy atom. The van der Waals surface area contributed by atoms with Gasteiger partial charge in [0.2, 0.25) is 0 Å². The zero-order valence-corrected chi connectivity index (χ0v) is 16.3. The SMILES string of the molecule is Cc1ccc(OCC(=O)NCCN2CCN(C(=O)c3cc(C)on3)CC2)cc1. The predicted molar refractivity (Wildman–Crippen MR) is 103 cm³/mol. The van der Waals surface area contributed by atoms with Crippen LogP contribution in [0.15, 0.2) is 34.9 Å². The molecule has 0 unspecified atom stereocenters. The molecule has 3 rings (SSSR count). The van der Waals surface area contributed by atoms with Crippen molar-refractivity contribution in [2.45, 2.75) is 13.8 Å². The first-order chi connectivity index (χ1) is 13.5. The summed E-state index contributed by atoms with van der Waals surface area (Å²) in [6.45, 7) is 7.85. The molecule has 0 spiro atoms. The Bertz CT molecular complexity index is 795. The molecule has 0 atom stereocenters. The number of hydrogen-bond acceptors (Lipinski definition) is 6. The molecule has 8 heteroatoms. The van der Waals surface area contributed by atoms with Gasteiger partial charge in [-0.3, -0.25) is 14.5 Å². The maximum Gasteiger partial charge on any atom is 0.276 e. The lowest BCUT2D eigenvalue weighted by molar-refractivity contribution is -0.123. The number of amides is 2. The first kappa shape index (κ1) is 19.9. The third kappa shape index (κ3) is 5.56. The molecule has 1 aromatic carbocycles. The lowest BCUT2D eigenvalue weighted by Crippen LogP contribution is -2.50. The van der Waals surface area contributed by atoms with Crippen LogP contribution >= 0.6 is 0 Å². The van der Waals surface area contributed by atoms with Crippen LogP contribution in [0.4, 0.5) is 0 Å². The van der Waals surface area contributed by atoms with Crippen LogP contribution in [0.3, 0.4) is 0 Å². The third-order valence-electron chi connectivity index (χ3n) is 4.65. The van der Waals surface area contributed by atoms with E-state index in [9.17, 15) is 9.59 Å². The van der Waals surface area contributed by atoms with Gasteiger partial charge in [-0.1, -0.05) is 22.9 Å². The maximum atomic E-state index is 12.3. The van der Waals surface area contributed by atoms with Crippen LogP contribution in [0.1, 0.15) is 21.8 Å². The molecule has 0 saturated carbocycles. The number of rotatable bonds is 7. The van der Waals surface area contributed by atoms with Gasteiger partial charge in [0.05, 0.1) is 0 Å². The van der Waals surface area contributed by atoms with Gasteiger partial charge in [-0.25, -0.2) is 0 Å². The van der Waals surface area contributed by atoms with E-state index in [0.29, 0.717) is 36.8 Å². The lowest BCUT2D eigenvalue weighted by Gasteiger charge is -2.34. The Labute approximate surface area is 164 Å². The molecular formula is C20H26N4O4. The van der Waals surface area contributed by atoms with E-state index < -0.39 is 0 Å². The van der Waals surface area contributed by atoms with E-state index >= 15 is 0 Å². The fourth-order valence-electron chi connectivity index (χ4n) is 2.99. The average Bonchev–Trinajstić information content (AvgIpc) is 3.14. The van der Waals surface area contributed by atoms with Crippen molar-refractivity contribution >= 4 is 11.8 Å². The molecule has 0 radical (unpaired) electrons. The summed E-state index contributed by atoms with van der Waals surface area (Å²) in [5.74, 6) is 1.07. The molecule has 1 saturated heterocycles. The summed E-state index contributed by atoms with van der Waals surface area (Å²) in [6, 6.07) is 9.25. The van der Waals surface area contributed by atoms with Crippen molar-refractivity contribution in [2.75, 3.05) is 45.9 Å². The molecule has 2 heterocycles. The monoisotopic (exact) mass is 386 g/mol. The van der Waals surface area contributed by atoms with Crippen LogP contribution < -0.4 is 10.1 Å². The molecule has 1 N–H and O–H groups in total. The van der Waals surface area contributed by atoms with Gasteiger partial charge in [-0.15, -0.1) is 0 Å². The number of benzene rings is 1. The highest BCUT2D eigenvalue weighted by Gasteiger charge is 2.24. The number of carbonyl (C=O) groups excluding carboxylic acids is 2. The molecule has 0 bridgehead atoms. The van der Waals surface area contributed by atoms with Gasteiger partial charge in [-0.05, 0) is 26.0 Å². The number of ether oxygens (including phenoxy) is 1. The Morgan fingerprint density at radius 2 is 1.86 bits per heavy atom. The standard InChI is InChI=1S/C20H26N4O4/c1-15-3-5-17(6-4-15)27-14-19(25)21-7-8-23-9-11-24(12-10-23)20(26)18-13-16(2)28-22-18/h3-6,13H,7-12,14H2,1-2H3,(H,21,25). The molecule has 1 aliphatic rings. The molecule has 1 fully saturated rings. The van der Waals surface area contributed by atoms with Gasteiger partial charge >= 0.3 is 0 Å². The number of aryl methyl sites for hydroxylation is 2. The molecule has 8 nitrogen and oxygen atoms in total. The zero-order chi connectivity index (χ0) is 19.9. The molecular weight excluding hydrogens is 360 g/mol. The summed E-state index contributed by atoms with van der Waals surface area (Å²) in [5, 5.41) is 6.65. The number of carbonyl (C=O) groups is 2. The van der Waals surface area contributed by atoms with E-state index in [1.807, 2.05) is 31.2 Å². The van der Waals surface area contributed by atoms with Crippen molar-refractivity contribution in [3.05, 3.63) is 47.3 Å². The Kier molecular flexibility index (Phi) is 6.65. The summed E-state index contributed by atoms with van der Waals surface area (Å²) in [4.78, 5) is 28.2. The summed E-state index contributed by atoms with van der Waals surface area (Å²) in [6.07, 6.45) is 0. The first-order valence-electron chi connectivity index (χ1n) is 9.42. The minimum absolute atomic E-state index is 0.00244. The van der Waals surface area contributed by atoms with Crippen molar-refractivity contribution in [3.8, 4) is 5.75 Å². The minimum atomic E-state index is -0.143. The van der Waals surface area contributed by atoms with Gasteiger partial charge in [0, 0.05) is 45.3 Å². The molecule has 150 valence electrons. The van der Waals surface area contributed by atoms with Gasteiger partial charge in [-0.2, -0.15) is 0 Å². The fraction of sp³-hybridized carbons (Fsp3) is 0.450. The highest BCUT2D eigenvalue weighted by atomic mass is 16.5. The van der Waals surface area contributed by atoms with Crippen LogP contribution in [-0.2, 0) is 4.79 Å². The highest BCUT2D eigenvalue weighted by molar-refractivity contribution is 5.92. The average molecular weight is 386 g/mol. The van der Waals surface area contributed by atoms with Crippen LogP contribution in [0.2, 0.25) is 0 Å². The molecule has 0 aliphatic carbocycles. The predicted octanol–water partition coefficient (Wildman–Crippen LogP) is 1.24.